The maximum atomic E-state index is 11.8. The van der Waals surface area contributed by atoms with Gasteiger partial charge in [-0.25, -0.2) is 4.79 Å². The third-order valence-electron chi connectivity index (χ3n) is 2.38. The number of nitriles is 1. The number of anilines is 1. The van der Waals surface area contributed by atoms with Crippen molar-refractivity contribution in [3.63, 3.8) is 0 Å². The zero-order valence-electron chi connectivity index (χ0n) is 10.8. The Balaban J connectivity index is 2.79. The summed E-state index contributed by atoms with van der Waals surface area (Å²) < 4.78 is 0. The zero-order chi connectivity index (χ0) is 14.1. The molecule has 19 heavy (non-hydrogen) atoms. The van der Waals surface area contributed by atoms with Gasteiger partial charge in [-0.1, -0.05) is 31.5 Å². The van der Waals surface area contributed by atoms with Crippen LogP contribution in [-0.4, -0.2) is 11.9 Å². The van der Waals surface area contributed by atoms with Gasteiger partial charge in [-0.15, -0.1) is 5.06 Å². The second kappa shape index (κ2) is 7.88. The Morgan fingerprint density at radius 2 is 2.00 bits per heavy atom. The van der Waals surface area contributed by atoms with Crippen LogP contribution in [-0.2, 0) is 14.4 Å². The number of hydrogen-bond acceptors (Lipinski definition) is 4. The summed E-state index contributed by atoms with van der Waals surface area (Å²) in [6, 6.07) is 10.3. The highest BCUT2D eigenvalue weighted by Crippen LogP contribution is 2.16. The Hall–Kier alpha value is -2.35. The van der Waals surface area contributed by atoms with Crippen LogP contribution in [0, 0.1) is 11.3 Å². The molecule has 5 heteroatoms. The van der Waals surface area contributed by atoms with Crippen molar-refractivity contribution in [1.82, 2.24) is 0 Å². The molecule has 0 fully saturated rings. The molecule has 0 aliphatic carbocycles. The van der Waals surface area contributed by atoms with Crippen LogP contribution in [0.15, 0.2) is 30.3 Å². The molecule has 1 rings (SSSR count). The van der Waals surface area contributed by atoms with E-state index in [1.165, 1.54) is 0 Å². The van der Waals surface area contributed by atoms with Gasteiger partial charge in [0.2, 0.25) is 0 Å². The number of hydroxylamine groups is 1. The molecule has 0 saturated heterocycles. The summed E-state index contributed by atoms with van der Waals surface area (Å²) in [5, 5.41) is 9.46. The van der Waals surface area contributed by atoms with E-state index in [1.807, 2.05) is 6.92 Å². The molecule has 0 aliphatic rings. The monoisotopic (exact) mass is 260 g/mol. The minimum atomic E-state index is -0.557. The second-order valence-corrected chi connectivity index (χ2v) is 3.93. The van der Waals surface area contributed by atoms with Crippen LogP contribution in [0.25, 0.3) is 0 Å². The molecule has 0 N–H and O–H groups in total. The first kappa shape index (κ1) is 14.7. The lowest BCUT2D eigenvalue weighted by molar-refractivity contribution is -0.150. The van der Waals surface area contributed by atoms with Crippen molar-refractivity contribution in [2.45, 2.75) is 32.6 Å². The first-order valence-corrected chi connectivity index (χ1v) is 6.14. The lowest BCUT2D eigenvalue weighted by atomic mass is 10.2. The molecule has 0 atom stereocenters. The molecule has 0 saturated carbocycles. The predicted molar refractivity (Wildman–Crippen MR) is 69.8 cm³/mol. The number of nitrogens with zero attached hydrogens (tertiary/aromatic N) is 2. The predicted octanol–water partition coefficient (Wildman–Crippen LogP) is 2.58. The summed E-state index contributed by atoms with van der Waals surface area (Å²) in [6.45, 7) is 1.96. The van der Waals surface area contributed by atoms with Gasteiger partial charge in [0, 0.05) is 6.42 Å². The summed E-state index contributed by atoms with van der Waals surface area (Å²) >= 11 is 0. The summed E-state index contributed by atoms with van der Waals surface area (Å²) in [4.78, 5) is 28.4. The molecule has 1 aromatic carbocycles. The van der Waals surface area contributed by atoms with E-state index in [9.17, 15) is 9.59 Å². The van der Waals surface area contributed by atoms with E-state index >= 15 is 0 Å². The quantitative estimate of drug-likeness (QED) is 0.763. The standard InChI is InChI=1S/C14H16N2O3/c1-2-3-9-14(18)19-16(13(17)10-11-15)12-7-5-4-6-8-12/h4-8H,2-3,9-10H2,1H3. The average Bonchev–Trinajstić information content (AvgIpc) is 2.43. The fourth-order valence-corrected chi connectivity index (χ4v) is 1.42. The van der Waals surface area contributed by atoms with Crippen LogP contribution < -0.4 is 5.06 Å². The van der Waals surface area contributed by atoms with Crippen molar-refractivity contribution in [3.8, 4) is 6.07 Å². The number of para-hydroxylation sites is 1. The summed E-state index contributed by atoms with van der Waals surface area (Å²) in [7, 11) is 0. The van der Waals surface area contributed by atoms with Gasteiger partial charge in [0.1, 0.15) is 6.42 Å². The molecule has 0 aliphatic heterocycles. The highest BCUT2D eigenvalue weighted by atomic mass is 16.7. The Bertz CT molecular complexity index is 465. The Kier molecular flexibility index (Phi) is 6.10. The summed E-state index contributed by atoms with van der Waals surface area (Å²) in [5.74, 6) is -1.03. The molecule has 1 aromatic rings. The highest BCUT2D eigenvalue weighted by molar-refractivity contribution is 5.94. The van der Waals surface area contributed by atoms with Gasteiger partial charge in [-0.3, -0.25) is 4.79 Å². The maximum absolute atomic E-state index is 11.8. The molecule has 0 radical (unpaired) electrons. The minimum Gasteiger partial charge on any atom is -0.333 e. The zero-order valence-corrected chi connectivity index (χ0v) is 10.8. The Morgan fingerprint density at radius 1 is 1.32 bits per heavy atom. The third kappa shape index (κ3) is 4.80. The van der Waals surface area contributed by atoms with Crippen molar-refractivity contribution in [3.05, 3.63) is 30.3 Å². The lowest BCUT2D eigenvalue weighted by Gasteiger charge is -2.20. The number of amides is 1. The largest absolute Gasteiger partial charge is 0.333 e. The van der Waals surface area contributed by atoms with Crippen LogP contribution in [0.1, 0.15) is 32.6 Å². The number of benzene rings is 1. The maximum Gasteiger partial charge on any atom is 0.333 e. The molecule has 0 spiro atoms. The molecule has 0 bridgehead atoms. The fourth-order valence-electron chi connectivity index (χ4n) is 1.42. The topological polar surface area (TPSA) is 70.4 Å². The first-order valence-electron chi connectivity index (χ1n) is 6.14. The van der Waals surface area contributed by atoms with Gasteiger partial charge >= 0.3 is 5.97 Å². The van der Waals surface area contributed by atoms with Crippen LogP contribution in [0.3, 0.4) is 0 Å². The van der Waals surface area contributed by atoms with Crippen LogP contribution in [0.4, 0.5) is 5.69 Å². The van der Waals surface area contributed by atoms with Crippen molar-refractivity contribution in [1.29, 1.82) is 5.26 Å². The number of unbranched alkanes of at least 4 members (excludes halogenated alkanes) is 1. The van der Waals surface area contributed by atoms with E-state index < -0.39 is 11.9 Å². The molecular formula is C14H16N2O3. The van der Waals surface area contributed by atoms with Crippen molar-refractivity contribution in [2.24, 2.45) is 0 Å². The molecule has 1 amide bonds. The van der Waals surface area contributed by atoms with E-state index in [0.29, 0.717) is 12.1 Å². The molecule has 5 nitrogen and oxygen atoms in total. The SMILES string of the molecule is CCCCC(=O)ON(C(=O)CC#N)c1ccccc1. The van der Waals surface area contributed by atoms with E-state index in [-0.39, 0.29) is 12.8 Å². The second-order valence-electron chi connectivity index (χ2n) is 3.93. The van der Waals surface area contributed by atoms with E-state index in [0.717, 1.165) is 11.5 Å². The van der Waals surface area contributed by atoms with E-state index in [2.05, 4.69) is 0 Å². The molecular weight excluding hydrogens is 244 g/mol. The molecule has 100 valence electrons. The number of carbonyl (C=O) groups is 2. The van der Waals surface area contributed by atoms with Crippen molar-refractivity contribution in [2.75, 3.05) is 5.06 Å². The van der Waals surface area contributed by atoms with Gasteiger partial charge in [0.25, 0.3) is 5.91 Å². The highest BCUT2D eigenvalue weighted by Gasteiger charge is 2.20. The Labute approximate surface area is 112 Å². The minimum absolute atomic E-state index is 0.250. The molecule has 0 heterocycles. The normalized spacial score (nSPS) is 9.47. The third-order valence-corrected chi connectivity index (χ3v) is 2.38. The first-order chi connectivity index (χ1) is 9.19. The number of hydrogen-bond donors (Lipinski definition) is 0. The van der Waals surface area contributed by atoms with Crippen LogP contribution in [0.2, 0.25) is 0 Å². The van der Waals surface area contributed by atoms with E-state index in [4.69, 9.17) is 10.1 Å². The Morgan fingerprint density at radius 3 is 2.58 bits per heavy atom. The van der Waals surface area contributed by atoms with Gasteiger partial charge < -0.3 is 4.84 Å². The molecule has 0 unspecified atom stereocenters. The van der Waals surface area contributed by atoms with Gasteiger partial charge in [0.05, 0.1) is 11.8 Å². The van der Waals surface area contributed by atoms with Gasteiger partial charge in [-0.2, -0.15) is 5.26 Å². The summed E-state index contributed by atoms with van der Waals surface area (Å²) in [6.07, 6.45) is 1.48. The smallest absolute Gasteiger partial charge is 0.333 e. The van der Waals surface area contributed by atoms with Gasteiger partial charge in [-0.05, 0) is 18.6 Å². The van der Waals surface area contributed by atoms with Crippen molar-refractivity contribution < 1.29 is 14.4 Å². The molecule has 0 aromatic heterocycles. The van der Waals surface area contributed by atoms with Crippen LogP contribution >= 0.6 is 0 Å². The van der Waals surface area contributed by atoms with E-state index in [1.54, 1.807) is 36.4 Å². The van der Waals surface area contributed by atoms with Gasteiger partial charge in [0.15, 0.2) is 0 Å². The average molecular weight is 260 g/mol. The van der Waals surface area contributed by atoms with Crippen molar-refractivity contribution >= 4 is 17.6 Å². The van der Waals surface area contributed by atoms with Crippen LogP contribution in [0.5, 0.6) is 0 Å². The number of rotatable bonds is 5. The lowest BCUT2D eigenvalue weighted by Crippen LogP contribution is -2.33. The number of carbonyl (C=O) groups excluding carboxylic acids is 2. The fraction of sp³-hybridized carbons (Fsp3) is 0.357. The summed E-state index contributed by atoms with van der Waals surface area (Å²) in [5.41, 5.74) is 0.438.